The van der Waals surface area contributed by atoms with Crippen LogP contribution in [0.5, 0.6) is 0 Å². The molecule has 1 aromatic rings. The van der Waals surface area contributed by atoms with Crippen molar-refractivity contribution in [3.8, 4) is 0 Å². The van der Waals surface area contributed by atoms with Crippen LogP contribution >= 0.6 is 23.2 Å². The Morgan fingerprint density at radius 2 is 1.82 bits per heavy atom. The average Bonchev–Trinajstić information content (AvgIpc) is 2.23. The van der Waals surface area contributed by atoms with Gasteiger partial charge in [-0.2, -0.15) is 0 Å². The van der Waals surface area contributed by atoms with E-state index in [1.165, 1.54) is 12.1 Å². The summed E-state index contributed by atoms with van der Waals surface area (Å²) in [4.78, 5) is 0.239. The monoisotopic (exact) mass is 293 g/mol. The van der Waals surface area contributed by atoms with Gasteiger partial charge in [0.05, 0.1) is 4.90 Å². The smallest absolute Gasteiger partial charge is 0.211 e. The Hall–Kier alpha value is -0.290. The van der Waals surface area contributed by atoms with Crippen molar-refractivity contribution in [3.05, 3.63) is 29.3 Å². The van der Waals surface area contributed by atoms with Crippen LogP contribution in [0.2, 0.25) is 5.02 Å². The minimum Gasteiger partial charge on any atom is -0.211 e. The summed E-state index contributed by atoms with van der Waals surface area (Å²) in [5.74, 6) is 0.361. The highest BCUT2D eigenvalue weighted by atomic mass is 35.5. The first-order valence-electron chi connectivity index (χ1n) is 5.36. The van der Waals surface area contributed by atoms with Crippen molar-refractivity contribution >= 4 is 33.2 Å². The van der Waals surface area contributed by atoms with Gasteiger partial charge in [0, 0.05) is 16.9 Å². The molecule has 0 amide bonds. The normalized spacial score (nSPS) is 24.4. The van der Waals surface area contributed by atoms with Gasteiger partial charge in [-0.3, -0.25) is 0 Å². The van der Waals surface area contributed by atoms with Crippen molar-refractivity contribution in [3.63, 3.8) is 0 Å². The molecule has 17 heavy (non-hydrogen) atoms. The van der Waals surface area contributed by atoms with Gasteiger partial charge in [0.1, 0.15) is 0 Å². The van der Waals surface area contributed by atoms with E-state index >= 15 is 0 Å². The lowest BCUT2D eigenvalue weighted by Crippen LogP contribution is -2.36. The van der Waals surface area contributed by atoms with Crippen molar-refractivity contribution in [2.75, 3.05) is 6.54 Å². The van der Waals surface area contributed by atoms with Crippen LogP contribution in [-0.2, 0) is 10.0 Å². The Morgan fingerprint density at radius 3 is 2.35 bits per heavy atom. The van der Waals surface area contributed by atoms with Crippen LogP contribution in [0.1, 0.15) is 12.8 Å². The van der Waals surface area contributed by atoms with E-state index in [0.717, 1.165) is 12.8 Å². The van der Waals surface area contributed by atoms with Gasteiger partial charge in [0.25, 0.3) is 0 Å². The molecular formula is C11H13Cl2NO2S. The molecule has 1 fully saturated rings. The van der Waals surface area contributed by atoms with Crippen LogP contribution < -0.4 is 4.72 Å². The molecule has 1 aromatic carbocycles. The summed E-state index contributed by atoms with van der Waals surface area (Å²) in [5.41, 5.74) is 0. The summed E-state index contributed by atoms with van der Waals surface area (Å²) >= 11 is 11.5. The van der Waals surface area contributed by atoms with Crippen molar-refractivity contribution in [1.29, 1.82) is 0 Å². The first kappa shape index (κ1) is 13.1. The Kier molecular flexibility index (Phi) is 3.98. The molecule has 0 aromatic heterocycles. The Morgan fingerprint density at radius 1 is 1.24 bits per heavy atom. The lowest BCUT2D eigenvalue weighted by atomic mass is 9.85. The topological polar surface area (TPSA) is 46.2 Å². The maximum atomic E-state index is 11.9. The summed E-state index contributed by atoms with van der Waals surface area (Å²) in [5, 5.41) is 0.730. The zero-order valence-corrected chi connectivity index (χ0v) is 11.4. The Bertz CT molecular complexity index is 481. The second kappa shape index (κ2) is 5.14. The molecule has 3 nitrogen and oxygen atoms in total. The largest absolute Gasteiger partial charge is 0.240 e. The molecule has 0 bridgehead atoms. The van der Waals surface area contributed by atoms with Crippen molar-refractivity contribution in [1.82, 2.24) is 4.72 Å². The van der Waals surface area contributed by atoms with E-state index in [2.05, 4.69) is 4.72 Å². The first-order valence-corrected chi connectivity index (χ1v) is 7.66. The lowest BCUT2D eigenvalue weighted by molar-refractivity contribution is 0.324. The summed E-state index contributed by atoms with van der Waals surface area (Å²) in [7, 11) is -3.42. The van der Waals surface area contributed by atoms with Crippen LogP contribution in [0.4, 0.5) is 0 Å². The van der Waals surface area contributed by atoms with E-state index in [1.54, 1.807) is 12.1 Å². The molecule has 0 aliphatic heterocycles. The van der Waals surface area contributed by atoms with Gasteiger partial charge >= 0.3 is 0 Å². The zero-order valence-electron chi connectivity index (χ0n) is 9.07. The van der Waals surface area contributed by atoms with Crippen LogP contribution in [0.15, 0.2) is 29.2 Å². The van der Waals surface area contributed by atoms with Crippen molar-refractivity contribution < 1.29 is 8.42 Å². The zero-order chi connectivity index (χ0) is 12.5. The molecule has 0 heterocycles. The molecular weight excluding hydrogens is 281 g/mol. The van der Waals surface area contributed by atoms with Crippen LogP contribution in [0.3, 0.4) is 0 Å². The molecule has 1 aliphatic carbocycles. The number of hydrogen-bond acceptors (Lipinski definition) is 2. The molecule has 94 valence electrons. The molecule has 0 saturated heterocycles. The third-order valence-corrected chi connectivity index (χ3v) is 4.91. The minimum absolute atomic E-state index is 0.208. The number of benzene rings is 1. The second-order valence-electron chi connectivity index (χ2n) is 4.24. The van der Waals surface area contributed by atoms with E-state index in [0.29, 0.717) is 17.5 Å². The summed E-state index contributed by atoms with van der Waals surface area (Å²) in [6, 6.07) is 6.12. The second-order valence-corrected chi connectivity index (χ2v) is 7.06. The predicted molar refractivity (Wildman–Crippen MR) is 69.0 cm³/mol. The fourth-order valence-corrected chi connectivity index (χ4v) is 3.49. The lowest BCUT2D eigenvalue weighted by Gasteiger charge is -2.30. The maximum Gasteiger partial charge on any atom is 0.240 e. The van der Waals surface area contributed by atoms with Gasteiger partial charge in [-0.15, -0.1) is 11.6 Å². The third kappa shape index (κ3) is 3.35. The molecule has 0 atom stereocenters. The Balaban J connectivity index is 1.96. The van der Waals surface area contributed by atoms with Gasteiger partial charge < -0.3 is 0 Å². The minimum atomic E-state index is -3.42. The standard InChI is InChI=1S/C11H13Cl2NO2S/c12-9-1-3-11(4-2-9)17(15,16)14-7-8-5-10(13)6-8/h1-4,8,10,14H,5-7H2. The van der Waals surface area contributed by atoms with Crippen molar-refractivity contribution in [2.45, 2.75) is 23.1 Å². The number of halogens is 2. The molecule has 2 rings (SSSR count). The van der Waals surface area contributed by atoms with Crippen molar-refractivity contribution in [2.24, 2.45) is 5.92 Å². The van der Waals surface area contributed by atoms with E-state index in [4.69, 9.17) is 23.2 Å². The molecule has 0 radical (unpaired) electrons. The number of rotatable bonds is 4. The van der Waals surface area contributed by atoms with Gasteiger partial charge in [-0.1, -0.05) is 11.6 Å². The summed E-state index contributed by atoms with van der Waals surface area (Å²) in [6.45, 7) is 0.453. The maximum absolute atomic E-state index is 11.9. The summed E-state index contributed by atoms with van der Waals surface area (Å²) < 4.78 is 26.4. The van der Waals surface area contributed by atoms with Gasteiger partial charge in [0.15, 0.2) is 0 Å². The molecule has 1 N–H and O–H groups in total. The van der Waals surface area contributed by atoms with Gasteiger partial charge in [0.2, 0.25) is 10.0 Å². The van der Waals surface area contributed by atoms with Crippen LogP contribution in [-0.4, -0.2) is 20.3 Å². The number of nitrogens with one attached hydrogen (secondary N) is 1. The van der Waals surface area contributed by atoms with E-state index in [-0.39, 0.29) is 10.3 Å². The fraction of sp³-hybridized carbons (Fsp3) is 0.455. The van der Waals surface area contributed by atoms with Crippen LogP contribution in [0, 0.1) is 5.92 Å². The number of sulfonamides is 1. The number of hydrogen-bond donors (Lipinski definition) is 1. The Labute approximate surface area is 111 Å². The SMILES string of the molecule is O=S(=O)(NCC1CC(Cl)C1)c1ccc(Cl)cc1. The summed E-state index contributed by atoms with van der Waals surface area (Å²) in [6.07, 6.45) is 1.76. The molecule has 6 heteroatoms. The molecule has 1 aliphatic rings. The predicted octanol–water partition coefficient (Wildman–Crippen LogP) is 2.64. The average molecular weight is 294 g/mol. The quantitative estimate of drug-likeness (QED) is 0.868. The fourth-order valence-electron chi connectivity index (χ4n) is 1.75. The number of alkyl halides is 1. The van der Waals surface area contributed by atoms with E-state index in [1.807, 2.05) is 0 Å². The van der Waals surface area contributed by atoms with E-state index < -0.39 is 10.0 Å². The van der Waals surface area contributed by atoms with Gasteiger partial charge in [-0.05, 0) is 43.0 Å². The van der Waals surface area contributed by atoms with E-state index in [9.17, 15) is 8.42 Å². The highest BCUT2D eigenvalue weighted by molar-refractivity contribution is 7.89. The molecule has 0 unspecified atom stereocenters. The highest BCUT2D eigenvalue weighted by Gasteiger charge is 2.28. The first-order chi connectivity index (χ1) is 7.97. The molecule has 0 spiro atoms. The van der Waals surface area contributed by atoms with Crippen LogP contribution in [0.25, 0.3) is 0 Å². The molecule has 1 saturated carbocycles. The third-order valence-electron chi connectivity index (χ3n) is 2.86. The highest BCUT2D eigenvalue weighted by Crippen LogP contribution is 2.31. The van der Waals surface area contributed by atoms with Gasteiger partial charge in [-0.25, -0.2) is 13.1 Å².